The fraction of sp³-hybridized carbons (Fsp3) is 0.292. The second-order valence-corrected chi connectivity index (χ2v) is 7.40. The van der Waals surface area contributed by atoms with Gasteiger partial charge in [0.1, 0.15) is 5.75 Å². The molecule has 0 radical (unpaired) electrons. The summed E-state index contributed by atoms with van der Waals surface area (Å²) in [6.45, 7) is 5.75. The summed E-state index contributed by atoms with van der Waals surface area (Å²) in [6.07, 6.45) is 0.136. The Morgan fingerprint density at radius 1 is 1.06 bits per heavy atom. The van der Waals surface area contributed by atoms with E-state index in [9.17, 15) is 9.59 Å². The van der Waals surface area contributed by atoms with Crippen LogP contribution in [-0.2, 0) is 16.1 Å². The predicted octanol–water partition coefficient (Wildman–Crippen LogP) is 3.38. The first-order valence-corrected chi connectivity index (χ1v) is 10.2. The van der Waals surface area contributed by atoms with E-state index in [0.717, 1.165) is 34.0 Å². The minimum Gasteiger partial charge on any atom is -0.497 e. The zero-order chi connectivity index (χ0) is 22.4. The Balaban J connectivity index is 1.69. The highest BCUT2D eigenvalue weighted by Crippen LogP contribution is 2.21. The number of nitrogens with one attached hydrogen (secondary N) is 2. The molecule has 2 aromatic carbocycles. The third-order valence-electron chi connectivity index (χ3n) is 5.19. The van der Waals surface area contributed by atoms with Gasteiger partial charge in [-0.1, -0.05) is 30.3 Å². The van der Waals surface area contributed by atoms with Gasteiger partial charge >= 0.3 is 0 Å². The number of rotatable bonds is 8. The van der Waals surface area contributed by atoms with Gasteiger partial charge in [-0.15, -0.1) is 0 Å². The molecule has 1 atom stereocenters. The number of nitrogens with zero attached hydrogens (tertiary/aromatic N) is 2. The number of carbonyl (C=O) groups is 2. The zero-order valence-corrected chi connectivity index (χ0v) is 18.3. The highest BCUT2D eigenvalue weighted by Gasteiger charge is 2.19. The van der Waals surface area contributed by atoms with Crippen molar-refractivity contribution in [2.24, 2.45) is 0 Å². The quantitative estimate of drug-likeness (QED) is 0.585. The molecule has 0 saturated carbocycles. The predicted molar refractivity (Wildman–Crippen MR) is 119 cm³/mol. The van der Waals surface area contributed by atoms with Crippen LogP contribution in [0.1, 0.15) is 41.9 Å². The average Bonchev–Trinajstić information content (AvgIpc) is 3.05. The third kappa shape index (κ3) is 5.51. The molecule has 7 heteroatoms. The minimum atomic E-state index is -0.419. The van der Waals surface area contributed by atoms with Gasteiger partial charge in [-0.2, -0.15) is 5.10 Å². The summed E-state index contributed by atoms with van der Waals surface area (Å²) < 4.78 is 7.06. The largest absolute Gasteiger partial charge is 0.497 e. The molecule has 1 unspecified atom stereocenters. The molecule has 31 heavy (non-hydrogen) atoms. The van der Waals surface area contributed by atoms with Crippen LogP contribution in [0.4, 0.5) is 0 Å². The van der Waals surface area contributed by atoms with E-state index in [1.165, 1.54) is 6.92 Å². The Morgan fingerprint density at radius 3 is 2.35 bits per heavy atom. The lowest BCUT2D eigenvalue weighted by Crippen LogP contribution is -2.32. The molecule has 7 nitrogen and oxygen atoms in total. The molecule has 2 N–H and O–H groups in total. The number of hydrogen-bond acceptors (Lipinski definition) is 4. The van der Waals surface area contributed by atoms with Crippen LogP contribution in [0.5, 0.6) is 5.75 Å². The number of carbonyl (C=O) groups excluding carboxylic acids is 2. The molecule has 0 aliphatic carbocycles. The van der Waals surface area contributed by atoms with Crippen molar-refractivity contribution in [2.45, 2.75) is 39.8 Å². The Labute approximate surface area is 182 Å². The van der Waals surface area contributed by atoms with Gasteiger partial charge in [0.25, 0.3) is 0 Å². The lowest BCUT2D eigenvalue weighted by molar-refractivity contribution is -0.122. The van der Waals surface area contributed by atoms with Crippen LogP contribution >= 0.6 is 0 Å². The van der Waals surface area contributed by atoms with Crippen LogP contribution in [-0.4, -0.2) is 28.7 Å². The summed E-state index contributed by atoms with van der Waals surface area (Å²) in [5.74, 6) is 0.376. The summed E-state index contributed by atoms with van der Waals surface area (Å²) in [7, 11) is 1.59. The van der Waals surface area contributed by atoms with Gasteiger partial charge in [-0.3, -0.25) is 9.59 Å². The first-order valence-electron chi connectivity index (χ1n) is 10.2. The fourth-order valence-corrected chi connectivity index (χ4v) is 3.53. The van der Waals surface area contributed by atoms with E-state index in [4.69, 9.17) is 4.74 Å². The Kier molecular flexibility index (Phi) is 7.07. The molecule has 1 aromatic heterocycles. The van der Waals surface area contributed by atoms with Crippen molar-refractivity contribution in [1.29, 1.82) is 0 Å². The first kappa shape index (κ1) is 22.1. The van der Waals surface area contributed by atoms with Crippen molar-refractivity contribution in [3.8, 4) is 11.4 Å². The van der Waals surface area contributed by atoms with Crippen molar-refractivity contribution in [1.82, 2.24) is 20.4 Å². The number of benzene rings is 2. The van der Waals surface area contributed by atoms with E-state index in [0.29, 0.717) is 6.54 Å². The number of para-hydroxylation sites is 1. The van der Waals surface area contributed by atoms with Crippen molar-refractivity contribution >= 4 is 11.8 Å². The summed E-state index contributed by atoms with van der Waals surface area (Å²) >= 11 is 0. The van der Waals surface area contributed by atoms with E-state index in [1.807, 2.05) is 73.1 Å². The van der Waals surface area contributed by atoms with Gasteiger partial charge in [0.15, 0.2) is 0 Å². The zero-order valence-electron chi connectivity index (χ0n) is 18.3. The number of aromatic nitrogens is 2. The second-order valence-electron chi connectivity index (χ2n) is 7.40. The second kappa shape index (κ2) is 9.93. The van der Waals surface area contributed by atoms with Crippen LogP contribution in [0.15, 0.2) is 54.6 Å². The Hall–Kier alpha value is -3.61. The molecule has 162 valence electrons. The maximum Gasteiger partial charge on any atom is 0.222 e. The number of ether oxygens (including phenoxy) is 1. The molecule has 0 aliphatic rings. The summed E-state index contributed by atoms with van der Waals surface area (Å²) in [5.41, 5.74) is 4.66. The third-order valence-corrected chi connectivity index (χ3v) is 5.19. The number of hydrogen-bond donors (Lipinski definition) is 2. The topological polar surface area (TPSA) is 85.2 Å². The van der Waals surface area contributed by atoms with Crippen LogP contribution in [0.25, 0.3) is 5.69 Å². The first-order chi connectivity index (χ1) is 14.9. The molecule has 2 amide bonds. The van der Waals surface area contributed by atoms with E-state index in [-0.39, 0.29) is 18.2 Å². The van der Waals surface area contributed by atoms with E-state index in [1.54, 1.807) is 7.11 Å². The summed E-state index contributed by atoms with van der Waals surface area (Å²) in [6, 6.07) is 16.8. The molecule has 0 saturated heterocycles. The molecule has 0 fully saturated rings. The highest BCUT2D eigenvalue weighted by molar-refractivity contribution is 5.79. The van der Waals surface area contributed by atoms with Crippen molar-refractivity contribution in [2.75, 3.05) is 7.11 Å². The lowest BCUT2D eigenvalue weighted by atomic mass is 10.0. The molecule has 3 rings (SSSR count). The van der Waals surface area contributed by atoms with E-state index in [2.05, 4.69) is 15.7 Å². The van der Waals surface area contributed by atoms with Gasteiger partial charge in [0.05, 0.1) is 31.0 Å². The summed E-state index contributed by atoms with van der Waals surface area (Å²) in [4.78, 5) is 24.3. The maximum atomic E-state index is 12.7. The smallest absolute Gasteiger partial charge is 0.222 e. The normalized spacial score (nSPS) is 11.6. The van der Waals surface area contributed by atoms with Crippen LogP contribution in [0, 0.1) is 13.8 Å². The minimum absolute atomic E-state index is 0.136. The standard InChI is InChI=1S/C24H28N4O3/c1-16-22(17(2)28(27-16)20-8-6-5-7-9-20)15-25-24(30)14-23(26-18(3)29)19-10-12-21(31-4)13-11-19/h5-13,23H,14-15H2,1-4H3,(H,25,30)(H,26,29). The molecule has 1 heterocycles. The SMILES string of the molecule is COc1ccc(C(CC(=O)NCc2c(C)nn(-c3ccccc3)c2C)NC(C)=O)cc1. The molecule has 0 spiro atoms. The average molecular weight is 421 g/mol. The van der Waals surface area contributed by atoms with Gasteiger partial charge in [-0.25, -0.2) is 4.68 Å². The van der Waals surface area contributed by atoms with Crippen LogP contribution < -0.4 is 15.4 Å². The maximum absolute atomic E-state index is 12.7. The number of aryl methyl sites for hydroxylation is 1. The van der Waals surface area contributed by atoms with Gasteiger partial charge in [-0.05, 0) is 43.7 Å². The van der Waals surface area contributed by atoms with Crippen LogP contribution in [0.2, 0.25) is 0 Å². The number of amides is 2. The lowest BCUT2D eigenvalue weighted by Gasteiger charge is -2.18. The molecular weight excluding hydrogens is 392 g/mol. The monoisotopic (exact) mass is 420 g/mol. The van der Waals surface area contributed by atoms with Crippen molar-refractivity contribution in [3.05, 3.63) is 77.1 Å². The molecule has 0 aliphatic heterocycles. The molecule has 3 aromatic rings. The van der Waals surface area contributed by atoms with Gasteiger partial charge in [0.2, 0.25) is 11.8 Å². The van der Waals surface area contributed by atoms with Gasteiger partial charge in [0, 0.05) is 24.7 Å². The number of methoxy groups -OCH3 is 1. The Morgan fingerprint density at radius 2 is 1.74 bits per heavy atom. The molecular formula is C24H28N4O3. The van der Waals surface area contributed by atoms with E-state index >= 15 is 0 Å². The van der Waals surface area contributed by atoms with Crippen molar-refractivity contribution in [3.63, 3.8) is 0 Å². The Bertz CT molecular complexity index is 1040. The van der Waals surface area contributed by atoms with E-state index < -0.39 is 6.04 Å². The molecule has 0 bridgehead atoms. The highest BCUT2D eigenvalue weighted by atomic mass is 16.5. The van der Waals surface area contributed by atoms with Crippen molar-refractivity contribution < 1.29 is 14.3 Å². The van der Waals surface area contributed by atoms with Crippen LogP contribution in [0.3, 0.4) is 0 Å². The summed E-state index contributed by atoms with van der Waals surface area (Å²) in [5, 5.41) is 10.4. The fourth-order valence-electron chi connectivity index (χ4n) is 3.53. The van der Waals surface area contributed by atoms with Gasteiger partial charge < -0.3 is 15.4 Å².